The molecule has 1 N–H and O–H groups in total. The van der Waals surface area contributed by atoms with E-state index in [0.29, 0.717) is 23.0 Å². The van der Waals surface area contributed by atoms with Crippen LogP contribution in [-0.4, -0.2) is 38.8 Å². The van der Waals surface area contributed by atoms with E-state index in [1.165, 1.54) is 18.4 Å². The quantitative estimate of drug-likeness (QED) is 0.836. The molecule has 8 heteroatoms. The summed E-state index contributed by atoms with van der Waals surface area (Å²) in [4.78, 5) is 0.870. The van der Waals surface area contributed by atoms with Crippen LogP contribution in [0.5, 0.6) is 0 Å². The molecule has 0 aliphatic heterocycles. The van der Waals surface area contributed by atoms with E-state index in [1.807, 2.05) is 0 Å². The number of sulfonamides is 1. The first-order chi connectivity index (χ1) is 9.32. The Kier molecular flexibility index (Phi) is 4.78. The zero-order chi connectivity index (χ0) is 14.9. The van der Waals surface area contributed by atoms with Gasteiger partial charge in [0.2, 0.25) is 10.0 Å². The Balaban J connectivity index is 2.22. The molecule has 1 aliphatic rings. The van der Waals surface area contributed by atoms with E-state index in [0.717, 1.165) is 17.1 Å². The Morgan fingerprint density at radius 3 is 2.70 bits per heavy atom. The summed E-state index contributed by atoms with van der Waals surface area (Å²) < 4.78 is 50.3. The van der Waals surface area contributed by atoms with Crippen molar-refractivity contribution in [1.82, 2.24) is 9.62 Å². The molecule has 1 heterocycles. The third kappa shape index (κ3) is 3.55. The molecule has 1 fully saturated rings. The third-order valence-corrected chi connectivity index (χ3v) is 6.47. The fourth-order valence-corrected chi connectivity index (χ4v) is 4.78. The van der Waals surface area contributed by atoms with Gasteiger partial charge in [-0.3, -0.25) is 0 Å². The monoisotopic (exact) mass is 324 g/mol. The van der Waals surface area contributed by atoms with Crippen molar-refractivity contribution in [2.24, 2.45) is 0 Å². The van der Waals surface area contributed by atoms with Gasteiger partial charge in [-0.15, -0.1) is 11.3 Å². The number of rotatable bonds is 7. The molecule has 1 aromatic rings. The van der Waals surface area contributed by atoms with Crippen LogP contribution in [0, 0.1) is 6.92 Å². The van der Waals surface area contributed by atoms with Crippen molar-refractivity contribution in [2.45, 2.75) is 43.7 Å². The Hall–Kier alpha value is -0.570. The summed E-state index contributed by atoms with van der Waals surface area (Å²) in [6.07, 6.45) is -0.461. The molecule has 1 aliphatic carbocycles. The highest BCUT2D eigenvalue weighted by Gasteiger charge is 2.30. The van der Waals surface area contributed by atoms with E-state index < -0.39 is 23.0 Å². The van der Waals surface area contributed by atoms with Gasteiger partial charge in [-0.25, -0.2) is 17.2 Å². The minimum absolute atomic E-state index is 0.179. The largest absolute Gasteiger partial charge is 0.309 e. The fraction of sp³-hybridized carbons (Fsp3) is 0.667. The molecule has 0 radical (unpaired) electrons. The van der Waals surface area contributed by atoms with E-state index >= 15 is 0 Å². The van der Waals surface area contributed by atoms with Crippen molar-refractivity contribution in [2.75, 3.05) is 13.6 Å². The van der Waals surface area contributed by atoms with Crippen LogP contribution in [0.25, 0.3) is 0 Å². The second kappa shape index (κ2) is 6.05. The van der Waals surface area contributed by atoms with Crippen LogP contribution >= 0.6 is 11.3 Å². The lowest BCUT2D eigenvalue weighted by atomic mass is 10.3. The van der Waals surface area contributed by atoms with Gasteiger partial charge < -0.3 is 5.32 Å². The number of hydrogen-bond acceptors (Lipinski definition) is 4. The molecule has 0 unspecified atom stereocenters. The van der Waals surface area contributed by atoms with E-state index in [9.17, 15) is 17.2 Å². The fourth-order valence-electron chi connectivity index (χ4n) is 1.93. The lowest BCUT2D eigenvalue weighted by Gasteiger charge is -2.18. The molecule has 0 amide bonds. The first-order valence-electron chi connectivity index (χ1n) is 6.37. The van der Waals surface area contributed by atoms with E-state index in [-0.39, 0.29) is 4.90 Å². The van der Waals surface area contributed by atoms with Gasteiger partial charge in [0.25, 0.3) is 6.43 Å². The highest BCUT2D eigenvalue weighted by Crippen LogP contribution is 2.30. The molecular weight excluding hydrogens is 306 g/mol. The van der Waals surface area contributed by atoms with E-state index in [2.05, 4.69) is 5.32 Å². The van der Waals surface area contributed by atoms with Crippen LogP contribution in [-0.2, 0) is 16.6 Å². The van der Waals surface area contributed by atoms with Crippen LogP contribution in [0.3, 0.4) is 0 Å². The minimum Gasteiger partial charge on any atom is -0.309 e. The zero-order valence-corrected chi connectivity index (χ0v) is 13.0. The summed E-state index contributed by atoms with van der Waals surface area (Å²) in [7, 11) is -2.66. The van der Waals surface area contributed by atoms with Crippen molar-refractivity contribution >= 4 is 21.4 Å². The highest BCUT2D eigenvalue weighted by atomic mass is 32.2. The molecule has 0 saturated heterocycles. The van der Waals surface area contributed by atoms with Crippen molar-refractivity contribution in [3.05, 3.63) is 15.8 Å². The summed E-state index contributed by atoms with van der Waals surface area (Å²) >= 11 is 1.35. The topological polar surface area (TPSA) is 49.4 Å². The number of thiophene rings is 1. The van der Waals surface area contributed by atoms with Gasteiger partial charge >= 0.3 is 0 Å². The van der Waals surface area contributed by atoms with Gasteiger partial charge in [0.15, 0.2) is 0 Å². The zero-order valence-electron chi connectivity index (χ0n) is 11.4. The molecular formula is C12H18F2N2O2S2. The van der Waals surface area contributed by atoms with Crippen LogP contribution in [0.1, 0.15) is 23.3 Å². The lowest BCUT2D eigenvalue weighted by molar-refractivity contribution is 0.126. The van der Waals surface area contributed by atoms with Gasteiger partial charge in [-0.2, -0.15) is 4.31 Å². The summed E-state index contributed by atoms with van der Waals surface area (Å²) in [6.45, 7) is 1.38. The van der Waals surface area contributed by atoms with Gasteiger partial charge in [-0.05, 0) is 30.7 Å². The number of aryl methyl sites for hydroxylation is 1. The minimum atomic E-state index is -3.86. The number of halogens is 2. The highest BCUT2D eigenvalue weighted by molar-refractivity contribution is 7.89. The maximum absolute atomic E-state index is 12.4. The summed E-state index contributed by atoms with van der Waals surface area (Å²) in [6, 6.07) is 0.465. The third-order valence-electron chi connectivity index (χ3n) is 3.18. The number of alkyl halides is 2. The van der Waals surface area contributed by atoms with Crippen LogP contribution in [0.4, 0.5) is 8.78 Å². The molecule has 20 heavy (non-hydrogen) atoms. The summed E-state index contributed by atoms with van der Waals surface area (Å²) in [5.41, 5.74) is 0.615. The van der Waals surface area contributed by atoms with Crippen LogP contribution in [0.2, 0.25) is 0 Å². The molecule has 4 nitrogen and oxygen atoms in total. The molecule has 0 bridgehead atoms. The second-order valence-electron chi connectivity index (χ2n) is 5.00. The van der Waals surface area contributed by atoms with Crippen LogP contribution in [0.15, 0.2) is 10.3 Å². The van der Waals surface area contributed by atoms with Gasteiger partial charge in [-0.1, -0.05) is 0 Å². The smallest absolute Gasteiger partial charge is 0.252 e. The van der Waals surface area contributed by atoms with Gasteiger partial charge in [0, 0.05) is 24.5 Å². The van der Waals surface area contributed by atoms with E-state index in [1.54, 1.807) is 12.3 Å². The molecule has 1 aromatic heterocycles. The standard InChI is InChI=1S/C12H18F2N2O2S2/c1-8-7-19-10(5-15-9-3-4-9)12(8)20(17,18)16(2)6-11(13)14/h7,9,11,15H,3-6H2,1-2H3. The van der Waals surface area contributed by atoms with Crippen molar-refractivity contribution in [3.8, 4) is 0 Å². The molecule has 2 rings (SSSR count). The van der Waals surface area contributed by atoms with Crippen LogP contribution < -0.4 is 5.32 Å². The average Bonchev–Trinajstić information content (AvgIpc) is 3.08. The molecule has 0 spiro atoms. The maximum Gasteiger partial charge on any atom is 0.252 e. The SMILES string of the molecule is Cc1csc(CNC2CC2)c1S(=O)(=O)N(C)CC(F)F. The summed E-state index contributed by atoms with van der Waals surface area (Å²) in [5.74, 6) is 0. The predicted molar refractivity (Wildman–Crippen MR) is 74.7 cm³/mol. The van der Waals surface area contributed by atoms with Crippen molar-refractivity contribution in [3.63, 3.8) is 0 Å². The predicted octanol–water partition coefficient (Wildman–Crippen LogP) is 2.19. The van der Waals surface area contributed by atoms with Gasteiger partial charge in [0.1, 0.15) is 4.90 Å². The first kappa shape index (κ1) is 15.8. The number of hydrogen-bond donors (Lipinski definition) is 1. The summed E-state index contributed by atoms with van der Waals surface area (Å²) in [5, 5.41) is 5.01. The molecule has 114 valence electrons. The van der Waals surface area contributed by atoms with E-state index in [4.69, 9.17) is 0 Å². The van der Waals surface area contributed by atoms with Crippen molar-refractivity contribution < 1.29 is 17.2 Å². The number of nitrogens with zero attached hydrogens (tertiary/aromatic N) is 1. The lowest BCUT2D eigenvalue weighted by Crippen LogP contribution is -2.32. The Labute approximate surface area is 121 Å². The number of nitrogens with one attached hydrogen (secondary N) is 1. The Morgan fingerprint density at radius 2 is 2.15 bits per heavy atom. The second-order valence-corrected chi connectivity index (χ2v) is 7.95. The van der Waals surface area contributed by atoms with Gasteiger partial charge in [0.05, 0.1) is 6.54 Å². The Bertz CT molecular complexity index is 568. The first-order valence-corrected chi connectivity index (χ1v) is 8.69. The Morgan fingerprint density at radius 1 is 1.50 bits per heavy atom. The average molecular weight is 324 g/mol. The molecule has 1 saturated carbocycles. The van der Waals surface area contributed by atoms with Crippen molar-refractivity contribution in [1.29, 1.82) is 0 Å². The maximum atomic E-state index is 12.4. The molecule has 0 aromatic carbocycles. The molecule has 0 atom stereocenters. The normalized spacial score (nSPS) is 16.3.